The van der Waals surface area contributed by atoms with Gasteiger partial charge in [-0.3, -0.25) is 0 Å². The Morgan fingerprint density at radius 2 is 1.57 bits per heavy atom. The van der Waals surface area contributed by atoms with E-state index in [-0.39, 0.29) is 23.7 Å². The molecular formula is C19H23NO7S. The molecule has 2 aromatic carbocycles. The van der Waals surface area contributed by atoms with E-state index in [2.05, 4.69) is 0 Å². The predicted molar refractivity (Wildman–Crippen MR) is 103 cm³/mol. The summed E-state index contributed by atoms with van der Waals surface area (Å²) in [4.78, 5) is 12.4. The van der Waals surface area contributed by atoms with Gasteiger partial charge in [-0.25, -0.2) is 17.5 Å². The number of carbonyl (C=O) groups excluding carboxylic acids is 1. The molecule has 0 amide bonds. The van der Waals surface area contributed by atoms with Crippen molar-refractivity contribution < 1.29 is 32.2 Å². The first-order valence-electron chi connectivity index (χ1n) is 8.34. The van der Waals surface area contributed by atoms with Gasteiger partial charge in [0, 0.05) is 20.2 Å². The van der Waals surface area contributed by atoms with Gasteiger partial charge in [0.2, 0.25) is 10.0 Å². The zero-order chi connectivity index (χ0) is 20.7. The molecule has 0 bridgehead atoms. The molecule has 0 spiro atoms. The zero-order valence-electron chi connectivity index (χ0n) is 16.2. The second kappa shape index (κ2) is 9.43. The Morgan fingerprint density at radius 1 is 0.929 bits per heavy atom. The van der Waals surface area contributed by atoms with Crippen LogP contribution in [-0.4, -0.2) is 60.2 Å². The van der Waals surface area contributed by atoms with Crippen LogP contribution in [-0.2, 0) is 14.8 Å². The monoisotopic (exact) mass is 409 g/mol. The highest BCUT2D eigenvalue weighted by Crippen LogP contribution is 2.25. The molecule has 152 valence electrons. The van der Waals surface area contributed by atoms with Crippen LogP contribution in [0.2, 0.25) is 0 Å². The van der Waals surface area contributed by atoms with Crippen molar-refractivity contribution in [3.63, 3.8) is 0 Å². The minimum absolute atomic E-state index is 0.0196. The lowest BCUT2D eigenvalue weighted by Crippen LogP contribution is -2.22. The number of benzene rings is 2. The van der Waals surface area contributed by atoms with Gasteiger partial charge in [0.15, 0.2) is 0 Å². The molecule has 0 unspecified atom stereocenters. The van der Waals surface area contributed by atoms with E-state index in [0.29, 0.717) is 17.2 Å². The molecule has 0 radical (unpaired) electrons. The molecule has 9 heteroatoms. The first-order valence-corrected chi connectivity index (χ1v) is 9.78. The van der Waals surface area contributed by atoms with Crippen LogP contribution in [0.4, 0.5) is 0 Å². The number of hydrogen-bond acceptors (Lipinski definition) is 7. The number of ether oxygens (including phenoxy) is 4. The van der Waals surface area contributed by atoms with E-state index < -0.39 is 16.0 Å². The van der Waals surface area contributed by atoms with E-state index in [4.69, 9.17) is 18.9 Å². The van der Waals surface area contributed by atoms with Crippen LogP contribution in [0.25, 0.3) is 0 Å². The Kier molecular flexibility index (Phi) is 7.24. The van der Waals surface area contributed by atoms with E-state index >= 15 is 0 Å². The summed E-state index contributed by atoms with van der Waals surface area (Å²) in [6.07, 6.45) is 0. The van der Waals surface area contributed by atoms with Gasteiger partial charge in [-0.05, 0) is 36.4 Å². The molecule has 8 nitrogen and oxygen atoms in total. The SMILES string of the molecule is COc1ccc(C(=O)OCCOc2ccc(S(=O)(=O)N(C)C)cc2)c(OC)c1. The Hall–Kier alpha value is -2.78. The molecule has 0 fully saturated rings. The first-order chi connectivity index (χ1) is 13.3. The largest absolute Gasteiger partial charge is 0.497 e. The lowest BCUT2D eigenvalue weighted by atomic mass is 10.2. The van der Waals surface area contributed by atoms with Crippen molar-refractivity contribution in [3.8, 4) is 17.2 Å². The van der Waals surface area contributed by atoms with E-state index in [1.165, 1.54) is 40.4 Å². The zero-order valence-corrected chi connectivity index (χ0v) is 17.0. The fourth-order valence-electron chi connectivity index (χ4n) is 2.26. The van der Waals surface area contributed by atoms with Gasteiger partial charge in [-0.15, -0.1) is 0 Å². The average molecular weight is 409 g/mol. The molecule has 0 heterocycles. The summed E-state index contributed by atoms with van der Waals surface area (Å²) in [6.45, 7) is 0.135. The van der Waals surface area contributed by atoms with Gasteiger partial charge < -0.3 is 18.9 Å². The van der Waals surface area contributed by atoms with Crippen molar-refractivity contribution in [1.29, 1.82) is 0 Å². The van der Waals surface area contributed by atoms with Gasteiger partial charge in [0.1, 0.15) is 36.0 Å². The van der Waals surface area contributed by atoms with Gasteiger partial charge in [-0.2, -0.15) is 0 Å². The van der Waals surface area contributed by atoms with Gasteiger partial charge in [-0.1, -0.05) is 0 Å². The molecule has 0 aliphatic rings. The quantitative estimate of drug-likeness (QED) is 0.463. The normalized spacial score (nSPS) is 11.2. The number of methoxy groups -OCH3 is 2. The fraction of sp³-hybridized carbons (Fsp3) is 0.316. The number of nitrogens with zero attached hydrogens (tertiary/aromatic N) is 1. The van der Waals surface area contributed by atoms with Crippen LogP contribution < -0.4 is 14.2 Å². The van der Waals surface area contributed by atoms with Crippen molar-refractivity contribution in [1.82, 2.24) is 4.31 Å². The summed E-state index contributed by atoms with van der Waals surface area (Å²) in [5.74, 6) is 0.839. The lowest BCUT2D eigenvalue weighted by molar-refractivity contribution is 0.0447. The molecule has 0 N–H and O–H groups in total. The second-order valence-corrected chi connectivity index (χ2v) is 7.96. The van der Waals surface area contributed by atoms with Crippen molar-refractivity contribution >= 4 is 16.0 Å². The number of rotatable bonds is 9. The third-order valence-corrected chi connectivity index (χ3v) is 5.65. The summed E-state index contributed by atoms with van der Waals surface area (Å²) in [6, 6.07) is 10.8. The smallest absolute Gasteiger partial charge is 0.342 e. The van der Waals surface area contributed by atoms with Crippen molar-refractivity contribution in [2.24, 2.45) is 0 Å². The third kappa shape index (κ3) is 5.14. The molecule has 0 atom stereocenters. The van der Waals surface area contributed by atoms with Gasteiger partial charge in [0.05, 0.1) is 19.1 Å². The van der Waals surface area contributed by atoms with Gasteiger partial charge >= 0.3 is 5.97 Å². The maximum absolute atomic E-state index is 12.2. The van der Waals surface area contributed by atoms with E-state index in [1.807, 2.05) is 0 Å². The standard InChI is InChI=1S/C19H23NO7S/c1-20(2)28(22,23)16-8-5-14(6-9-16)26-11-12-27-19(21)17-10-7-15(24-3)13-18(17)25-4/h5-10,13H,11-12H2,1-4H3. The molecule has 0 aliphatic heterocycles. The Bertz CT molecular complexity index is 908. The molecule has 2 rings (SSSR count). The molecular weight excluding hydrogens is 386 g/mol. The highest BCUT2D eigenvalue weighted by atomic mass is 32.2. The number of esters is 1. The Balaban J connectivity index is 1.88. The molecule has 0 saturated heterocycles. The third-order valence-electron chi connectivity index (χ3n) is 3.82. The summed E-state index contributed by atoms with van der Waals surface area (Å²) in [7, 11) is 2.42. The fourth-order valence-corrected chi connectivity index (χ4v) is 3.16. The Morgan fingerprint density at radius 3 is 2.14 bits per heavy atom. The lowest BCUT2D eigenvalue weighted by Gasteiger charge is -2.12. The molecule has 0 aliphatic carbocycles. The van der Waals surface area contributed by atoms with Crippen LogP contribution in [0, 0.1) is 0 Å². The summed E-state index contributed by atoms with van der Waals surface area (Å²) < 4.78 is 46.1. The van der Waals surface area contributed by atoms with E-state index in [1.54, 1.807) is 30.3 Å². The van der Waals surface area contributed by atoms with E-state index in [9.17, 15) is 13.2 Å². The molecule has 0 aromatic heterocycles. The van der Waals surface area contributed by atoms with E-state index in [0.717, 1.165) is 4.31 Å². The van der Waals surface area contributed by atoms with Crippen molar-refractivity contribution in [2.45, 2.75) is 4.90 Å². The minimum Gasteiger partial charge on any atom is -0.497 e. The maximum atomic E-state index is 12.2. The number of hydrogen-bond donors (Lipinski definition) is 0. The molecule has 2 aromatic rings. The topological polar surface area (TPSA) is 91.4 Å². The second-order valence-electron chi connectivity index (χ2n) is 5.81. The summed E-state index contributed by atoms with van der Waals surface area (Å²) in [5, 5.41) is 0. The van der Waals surface area contributed by atoms with Crippen LogP contribution in [0.1, 0.15) is 10.4 Å². The highest BCUT2D eigenvalue weighted by Gasteiger charge is 2.17. The van der Waals surface area contributed by atoms with Crippen LogP contribution >= 0.6 is 0 Å². The number of carbonyl (C=O) groups is 1. The number of sulfonamides is 1. The maximum Gasteiger partial charge on any atom is 0.342 e. The van der Waals surface area contributed by atoms with Crippen LogP contribution in [0.3, 0.4) is 0 Å². The van der Waals surface area contributed by atoms with Crippen molar-refractivity contribution in [3.05, 3.63) is 48.0 Å². The molecule has 0 saturated carbocycles. The summed E-state index contributed by atoms with van der Waals surface area (Å²) >= 11 is 0. The Labute approximate surface area is 164 Å². The van der Waals surface area contributed by atoms with Crippen LogP contribution in [0.15, 0.2) is 47.4 Å². The molecule has 28 heavy (non-hydrogen) atoms. The highest BCUT2D eigenvalue weighted by molar-refractivity contribution is 7.89. The van der Waals surface area contributed by atoms with Crippen LogP contribution in [0.5, 0.6) is 17.2 Å². The minimum atomic E-state index is -3.48. The predicted octanol–water partition coefficient (Wildman–Crippen LogP) is 2.19. The average Bonchev–Trinajstić information content (AvgIpc) is 2.70. The first kappa shape index (κ1) is 21.5. The van der Waals surface area contributed by atoms with Gasteiger partial charge in [0.25, 0.3) is 0 Å². The van der Waals surface area contributed by atoms with Crippen molar-refractivity contribution in [2.75, 3.05) is 41.5 Å². The summed E-state index contributed by atoms with van der Waals surface area (Å²) in [5.41, 5.74) is 0.279.